The van der Waals surface area contributed by atoms with E-state index in [9.17, 15) is 19.1 Å². The van der Waals surface area contributed by atoms with Crippen molar-refractivity contribution in [2.45, 2.75) is 26.4 Å². The highest BCUT2D eigenvalue weighted by Gasteiger charge is 2.46. The predicted molar refractivity (Wildman–Crippen MR) is 141 cm³/mol. The molecule has 1 aliphatic rings. The van der Waals surface area contributed by atoms with Gasteiger partial charge in [-0.25, -0.2) is 4.39 Å². The molecule has 1 saturated heterocycles. The number of amides is 1. The first-order chi connectivity index (χ1) is 18.3. The van der Waals surface area contributed by atoms with Gasteiger partial charge in [0.2, 0.25) is 0 Å². The van der Waals surface area contributed by atoms with Gasteiger partial charge in [-0.3, -0.25) is 9.59 Å². The second kappa shape index (κ2) is 11.6. The van der Waals surface area contributed by atoms with Gasteiger partial charge in [-0.1, -0.05) is 29.8 Å². The molecule has 3 aromatic rings. The van der Waals surface area contributed by atoms with E-state index in [1.807, 2.05) is 6.92 Å². The zero-order chi connectivity index (χ0) is 27.4. The van der Waals surface area contributed by atoms with Crippen molar-refractivity contribution >= 4 is 29.1 Å². The summed E-state index contributed by atoms with van der Waals surface area (Å²) in [5, 5.41) is 11.7. The van der Waals surface area contributed by atoms with Crippen LogP contribution in [-0.4, -0.2) is 42.0 Å². The Balaban J connectivity index is 1.89. The number of likely N-dealkylation sites (tertiary alicyclic amines) is 1. The number of hydrogen-bond acceptors (Lipinski definition) is 6. The molecule has 7 nitrogen and oxygen atoms in total. The summed E-state index contributed by atoms with van der Waals surface area (Å²) in [7, 11) is 1.51. The molecule has 1 aliphatic heterocycles. The van der Waals surface area contributed by atoms with Crippen molar-refractivity contribution in [1.82, 2.24) is 4.90 Å². The third-order valence-corrected chi connectivity index (χ3v) is 6.43. The van der Waals surface area contributed by atoms with Crippen LogP contribution >= 0.6 is 11.6 Å². The Bertz CT molecular complexity index is 1390. The zero-order valence-electron chi connectivity index (χ0n) is 21.2. The number of hydrogen-bond donors (Lipinski definition) is 1. The van der Waals surface area contributed by atoms with Crippen LogP contribution in [0.4, 0.5) is 4.39 Å². The molecule has 1 N–H and O–H groups in total. The fourth-order valence-electron chi connectivity index (χ4n) is 4.38. The Morgan fingerprint density at radius 2 is 1.63 bits per heavy atom. The van der Waals surface area contributed by atoms with Gasteiger partial charge < -0.3 is 24.2 Å². The standard InChI is InChI=1S/C29H27ClFNO6/c1-4-37-23-15-19(8-12-21(23)30)27(33)25-26(18-9-13-22(36-3)24(14-18)38-5-2)32(29(35)28(25)34)16-17-6-10-20(31)11-7-17/h6-15,26,33H,4-5,16H2,1-3H3/b27-25-. The van der Waals surface area contributed by atoms with Crippen molar-refractivity contribution < 1.29 is 33.3 Å². The predicted octanol–water partition coefficient (Wildman–Crippen LogP) is 5.91. The maximum atomic E-state index is 13.5. The van der Waals surface area contributed by atoms with Crippen molar-refractivity contribution in [3.63, 3.8) is 0 Å². The number of ether oxygens (including phenoxy) is 3. The number of aliphatic hydroxyl groups excluding tert-OH is 1. The highest BCUT2D eigenvalue weighted by Crippen LogP contribution is 2.43. The van der Waals surface area contributed by atoms with Crippen LogP contribution in [0, 0.1) is 5.82 Å². The quantitative estimate of drug-likeness (QED) is 0.207. The summed E-state index contributed by atoms with van der Waals surface area (Å²) in [5.41, 5.74) is 1.30. The third kappa shape index (κ3) is 5.31. The number of carbonyl (C=O) groups is 2. The fourth-order valence-corrected chi connectivity index (χ4v) is 4.55. The molecule has 1 atom stereocenters. The number of ketones is 1. The van der Waals surface area contributed by atoms with E-state index in [2.05, 4.69) is 0 Å². The van der Waals surface area contributed by atoms with Gasteiger partial charge >= 0.3 is 0 Å². The highest BCUT2D eigenvalue weighted by molar-refractivity contribution is 6.46. The van der Waals surface area contributed by atoms with Crippen LogP contribution in [0.15, 0.2) is 66.2 Å². The van der Waals surface area contributed by atoms with Crippen molar-refractivity contribution in [3.05, 3.63) is 93.8 Å². The molecular formula is C29H27ClFNO6. The number of aliphatic hydroxyl groups is 1. The summed E-state index contributed by atoms with van der Waals surface area (Å²) < 4.78 is 30.2. The van der Waals surface area contributed by atoms with Crippen molar-refractivity contribution in [3.8, 4) is 17.2 Å². The van der Waals surface area contributed by atoms with E-state index in [0.717, 1.165) is 0 Å². The minimum atomic E-state index is -0.962. The lowest BCUT2D eigenvalue weighted by atomic mass is 9.94. The third-order valence-electron chi connectivity index (χ3n) is 6.11. The fraction of sp³-hybridized carbons (Fsp3) is 0.241. The second-order valence-corrected chi connectivity index (χ2v) is 8.88. The molecule has 1 unspecified atom stereocenters. The van der Waals surface area contributed by atoms with Gasteiger partial charge in [0.05, 0.1) is 37.0 Å². The lowest BCUT2D eigenvalue weighted by molar-refractivity contribution is -0.140. The van der Waals surface area contributed by atoms with Gasteiger partial charge in [0.25, 0.3) is 11.7 Å². The summed E-state index contributed by atoms with van der Waals surface area (Å²) in [6.07, 6.45) is 0. The van der Waals surface area contributed by atoms with Gasteiger partial charge in [0.1, 0.15) is 17.3 Å². The molecule has 0 aromatic heterocycles. The van der Waals surface area contributed by atoms with Crippen LogP contribution in [-0.2, 0) is 16.1 Å². The van der Waals surface area contributed by atoms with Crippen LogP contribution in [0.1, 0.15) is 36.6 Å². The molecule has 9 heteroatoms. The number of halogens is 2. The Labute approximate surface area is 225 Å². The van der Waals surface area contributed by atoms with Crippen LogP contribution in [0.2, 0.25) is 5.02 Å². The van der Waals surface area contributed by atoms with E-state index in [0.29, 0.717) is 46.6 Å². The molecular weight excluding hydrogens is 513 g/mol. The molecule has 1 fully saturated rings. The topological polar surface area (TPSA) is 85.3 Å². The first-order valence-electron chi connectivity index (χ1n) is 12.0. The van der Waals surface area contributed by atoms with Crippen LogP contribution in [0.3, 0.4) is 0 Å². The maximum absolute atomic E-state index is 13.5. The minimum absolute atomic E-state index is 0.00705. The van der Waals surface area contributed by atoms with E-state index in [4.69, 9.17) is 25.8 Å². The molecule has 1 heterocycles. The van der Waals surface area contributed by atoms with Gasteiger partial charge in [0, 0.05) is 12.1 Å². The average Bonchev–Trinajstić information content (AvgIpc) is 3.16. The summed E-state index contributed by atoms with van der Waals surface area (Å²) in [6, 6.07) is 14.4. The average molecular weight is 540 g/mol. The Morgan fingerprint density at radius 3 is 2.29 bits per heavy atom. The van der Waals surface area contributed by atoms with E-state index in [1.165, 1.54) is 30.2 Å². The van der Waals surface area contributed by atoms with E-state index in [-0.39, 0.29) is 23.4 Å². The zero-order valence-corrected chi connectivity index (χ0v) is 21.9. The number of carbonyl (C=O) groups excluding carboxylic acids is 2. The molecule has 0 saturated carbocycles. The molecule has 3 aromatic carbocycles. The molecule has 38 heavy (non-hydrogen) atoms. The largest absolute Gasteiger partial charge is 0.507 e. The molecule has 4 rings (SSSR count). The van der Waals surface area contributed by atoms with E-state index in [1.54, 1.807) is 49.4 Å². The molecule has 1 amide bonds. The lowest BCUT2D eigenvalue weighted by Gasteiger charge is -2.26. The first-order valence-corrected chi connectivity index (χ1v) is 12.4. The SMILES string of the molecule is CCOc1cc(/C(O)=C2/C(=O)C(=O)N(Cc3ccc(F)cc3)C2c2ccc(OC)c(OCC)c2)ccc1Cl. The second-order valence-electron chi connectivity index (χ2n) is 8.47. The summed E-state index contributed by atoms with van der Waals surface area (Å²) in [6.45, 7) is 4.33. The van der Waals surface area contributed by atoms with Crippen LogP contribution < -0.4 is 14.2 Å². The molecule has 0 spiro atoms. The maximum Gasteiger partial charge on any atom is 0.295 e. The van der Waals surface area contributed by atoms with Gasteiger partial charge in [-0.15, -0.1) is 0 Å². The van der Waals surface area contributed by atoms with Crippen molar-refractivity contribution in [2.24, 2.45) is 0 Å². The number of methoxy groups -OCH3 is 1. The minimum Gasteiger partial charge on any atom is -0.507 e. The Hall–Kier alpha value is -4.04. The van der Waals surface area contributed by atoms with Gasteiger partial charge in [-0.2, -0.15) is 0 Å². The normalized spacial score (nSPS) is 16.6. The summed E-state index contributed by atoms with van der Waals surface area (Å²) >= 11 is 6.21. The summed E-state index contributed by atoms with van der Waals surface area (Å²) in [5.74, 6) is -1.21. The highest BCUT2D eigenvalue weighted by atomic mass is 35.5. The molecule has 0 bridgehead atoms. The number of Topliss-reactive ketones (excluding diaryl/α,β-unsaturated/α-hetero) is 1. The van der Waals surface area contributed by atoms with Gasteiger partial charge in [-0.05, 0) is 67.4 Å². The monoisotopic (exact) mass is 539 g/mol. The Kier molecular flexibility index (Phi) is 8.22. The van der Waals surface area contributed by atoms with Gasteiger partial charge in [0.15, 0.2) is 11.5 Å². The van der Waals surface area contributed by atoms with Crippen LogP contribution in [0.5, 0.6) is 17.2 Å². The van der Waals surface area contributed by atoms with E-state index < -0.39 is 23.5 Å². The van der Waals surface area contributed by atoms with Crippen molar-refractivity contribution in [1.29, 1.82) is 0 Å². The lowest BCUT2D eigenvalue weighted by Crippen LogP contribution is -2.29. The molecule has 0 aliphatic carbocycles. The number of nitrogens with zero attached hydrogens (tertiary/aromatic N) is 1. The first kappa shape index (κ1) is 27.0. The summed E-state index contributed by atoms with van der Waals surface area (Å²) in [4.78, 5) is 28.1. The molecule has 198 valence electrons. The van der Waals surface area contributed by atoms with Crippen LogP contribution in [0.25, 0.3) is 5.76 Å². The van der Waals surface area contributed by atoms with Crippen molar-refractivity contribution in [2.75, 3.05) is 20.3 Å². The van der Waals surface area contributed by atoms with E-state index >= 15 is 0 Å². The smallest absolute Gasteiger partial charge is 0.295 e. The number of rotatable bonds is 9. The number of benzene rings is 3. The Morgan fingerprint density at radius 1 is 0.947 bits per heavy atom. The molecule has 0 radical (unpaired) electrons.